The Bertz CT molecular complexity index is 427. The predicted molar refractivity (Wildman–Crippen MR) is 60.9 cm³/mol. The molecule has 4 nitrogen and oxygen atoms in total. The van der Waals surface area contributed by atoms with Crippen molar-refractivity contribution in [1.29, 1.82) is 0 Å². The third-order valence-corrected chi connectivity index (χ3v) is 4.44. The minimum atomic E-state index is -2.87. The molecule has 0 spiro atoms. The Morgan fingerprint density at radius 3 is 3.00 bits per heavy atom. The molecule has 0 fully saturated rings. The molecule has 0 saturated carbocycles. The molecule has 0 amide bonds. The smallest absolute Gasteiger partial charge is 0.147 e. The highest BCUT2D eigenvalue weighted by Crippen LogP contribution is 2.21. The average Bonchev–Trinajstić information content (AvgIpc) is 2.56. The van der Waals surface area contributed by atoms with Crippen molar-refractivity contribution in [2.24, 2.45) is 0 Å². The van der Waals surface area contributed by atoms with E-state index in [0.29, 0.717) is 6.42 Å². The van der Waals surface area contributed by atoms with Crippen molar-refractivity contribution >= 4 is 21.2 Å². The van der Waals surface area contributed by atoms with Crippen LogP contribution in [-0.4, -0.2) is 32.0 Å². The number of fused-ring (bicyclic) bond motifs is 1. The summed E-state index contributed by atoms with van der Waals surface area (Å²) >= 11 is 1.64. The summed E-state index contributed by atoms with van der Waals surface area (Å²) in [5.41, 5.74) is 1.15. The van der Waals surface area contributed by atoms with Crippen LogP contribution in [0.4, 0.5) is 0 Å². The van der Waals surface area contributed by atoms with E-state index in [1.165, 1.54) is 11.1 Å². The normalized spacial score (nSPS) is 16.3. The molecule has 1 aromatic rings. The largest absolute Gasteiger partial charge is 0.311 e. The van der Waals surface area contributed by atoms with E-state index in [4.69, 9.17) is 0 Å². The molecule has 6 heteroatoms. The van der Waals surface area contributed by atoms with Crippen LogP contribution in [0.15, 0.2) is 0 Å². The van der Waals surface area contributed by atoms with Crippen LogP contribution in [0.1, 0.15) is 15.6 Å². The summed E-state index contributed by atoms with van der Waals surface area (Å²) in [4.78, 5) is 5.74. The molecule has 2 rings (SSSR count). The Morgan fingerprint density at radius 2 is 2.33 bits per heavy atom. The van der Waals surface area contributed by atoms with E-state index >= 15 is 0 Å². The van der Waals surface area contributed by atoms with Crippen LogP contribution in [0, 0.1) is 0 Å². The van der Waals surface area contributed by atoms with Crippen molar-refractivity contribution in [2.75, 3.05) is 18.6 Å². The first kappa shape index (κ1) is 11.0. The van der Waals surface area contributed by atoms with Gasteiger partial charge in [-0.3, -0.25) is 0 Å². The zero-order valence-electron chi connectivity index (χ0n) is 8.62. The van der Waals surface area contributed by atoms with Gasteiger partial charge in [-0.05, 0) is 0 Å². The number of rotatable bonds is 3. The Hall–Kier alpha value is -0.460. The number of hydrogen-bond donors (Lipinski definition) is 1. The lowest BCUT2D eigenvalue weighted by molar-refractivity contribution is 0.601. The van der Waals surface area contributed by atoms with Crippen LogP contribution < -0.4 is 5.32 Å². The quantitative estimate of drug-likeness (QED) is 0.837. The number of aromatic nitrogens is 1. The van der Waals surface area contributed by atoms with Crippen molar-refractivity contribution in [1.82, 2.24) is 10.3 Å². The van der Waals surface area contributed by atoms with Crippen LogP contribution in [0.5, 0.6) is 0 Å². The Balaban J connectivity index is 2.07. The van der Waals surface area contributed by atoms with Crippen molar-refractivity contribution in [3.05, 3.63) is 15.6 Å². The topological polar surface area (TPSA) is 59.1 Å². The standard InChI is InChI=1S/C9H14N2O2S2/c1-15(12,13)5-3-9-11-7-2-4-10-6-8(7)14-9/h10H,2-6H2,1H3. The van der Waals surface area contributed by atoms with E-state index in [0.717, 1.165) is 30.2 Å². The molecule has 0 unspecified atom stereocenters. The van der Waals surface area contributed by atoms with Crippen molar-refractivity contribution in [3.63, 3.8) is 0 Å². The van der Waals surface area contributed by atoms with E-state index in [1.54, 1.807) is 11.3 Å². The second kappa shape index (κ2) is 4.19. The van der Waals surface area contributed by atoms with Gasteiger partial charge in [0, 0.05) is 37.1 Å². The Kier molecular flexibility index (Phi) is 3.08. The van der Waals surface area contributed by atoms with Crippen LogP contribution in [0.3, 0.4) is 0 Å². The summed E-state index contributed by atoms with van der Waals surface area (Å²) in [6.45, 7) is 1.86. The molecule has 0 radical (unpaired) electrons. The van der Waals surface area contributed by atoms with Gasteiger partial charge in [0.2, 0.25) is 0 Å². The zero-order valence-corrected chi connectivity index (χ0v) is 10.2. The number of nitrogens with one attached hydrogen (secondary N) is 1. The highest BCUT2D eigenvalue weighted by atomic mass is 32.2. The van der Waals surface area contributed by atoms with Gasteiger partial charge in [0.1, 0.15) is 9.84 Å². The summed E-state index contributed by atoms with van der Waals surface area (Å²) in [5.74, 6) is 0.201. The maximum Gasteiger partial charge on any atom is 0.147 e. The van der Waals surface area contributed by atoms with Crippen LogP contribution in [0.2, 0.25) is 0 Å². The lowest BCUT2D eigenvalue weighted by atomic mass is 10.2. The lowest BCUT2D eigenvalue weighted by Gasteiger charge is -2.09. The van der Waals surface area contributed by atoms with Crippen LogP contribution >= 0.6 is 11.3 Å². The highest BCUT2D eigenvalue weighted by Gasteiger charge is 2.15. The molecule has 1 aliphatic rings. The van der Waals surface area contributed by atoms with E-state index in [9.17, 15) is 8.42 Å². The minimum Gasteiger partial charge on any atom is -0.311 e. The van der Waals surface area contributed by atoms with Gasteiger partial charge in [-0.1, -0.05) is 0 Å². The highest BCUT2D eigenvalue weighted by molar-refractivity contribution is 7.90. The fourth-order valence-corrected chi connectivity index (χ4v) is 3.34. The number of aryl methyl sites for hydroxylation is 1. The third kappa shape index (κ3) is 2.99. The third-order valence-electron chi connectivity index (χ3n) is 2.33. The summed E-state index contributed by atoms with van der Waals surface area (Å²) in [5, 5.41) is 4.23. The summed E-state index contributed by atoms with van der Waals surface area (Å²) in [6.07, 6.45) is 2.78. The van der Waals surface area contributed by atoms with Gasteiger partial charge in [-0.25, -0.2) is 13.4 Å². The minimum absolute atomic E-state index is 0.201. The first-order valence-electron chi connectivity index (χ1n) is 4.90. The monoisotopic (exact) mass is 246 g/mol. The van der Waals surface area contributed by atoms with Gasteiger partial charge in [0.25, 0.3) is 0 Å². The fourth-order valence-electron chi connectivity index (χ4n) is 1.56. The molecule has 2 heterocycles. The van der Waals surface area contributed by atoms with E-state index in [-0.39, 0.29) is 5.75 Å². The van der Waals surface area contributed by atoms with Crippen molar-refractivity contribution in [3.8, 4) is 0 Å². The lowest BCUT2D eigenvalue weighted by Crippen LogP contribution is -2.22. The van der Waals surface area contributed by atoms with Gasteiger partial charge in [0.05, 0.1) is 16.5 Å². The van der Waals surface area contributed by atoms with Gasteiger partial charge in [0.15, 0.2) is 0 Å². The van der Waals surface area contributed by atoms with Gasteiger partial charge < -0.3 is 5.32 Å². The first-order valence-corrected chi connectivity index (χ1v) is 7.78. The van der Waals surface area contributed by atoms with Gasteiger partial charge in [-0.2, -0.15) is 0 Å². The van der Waals surface area contributed by atoms with Crippen LogP contribution in [0.25, 0.3) is 0 Å². The Morgan fingerprint density at radius 1 is 1.53 bits per heavy atom. The van der Waals surface area contributed by atoms with E-state index in [1.807, 2.05) is 0 Å². The van der Waals surface area contributed by atoms with Crippen molar-refractivity contribution in [2.45, 2.75) is 19.4 Å². The van der Waals surface area contributed by atoms with Crippen LogP contribution in [-0.2, 0) is 29.2 Å². The zero-order chi connectivity index (χ0) is 10.9. The summed E-state index contributed by atoms with van der Waals surface area (Å²) in [6, 6.07) is 0. The molecule has 0 saturated heterocycles. The summed E-state index contributed by atoms with van der Waals surface area (Å²) < 4.78 is 22.0. The molecule has 0 aromatic carbocycles. The Labute approximate surface area is 93.7 Å². The number of sulfone groups is 1. The summed E-state index contributed by atoms with van der Waals surface area (Å²) in [7, 11) is -2.87. The molecule has 84 valence electrons. The molecule has 0 aliphatic carbocycles. The predicted octanol–water partition coefficient (Wildman–Crippen LogP) is 0.376. The molecule has 15 heavy (non-hydrogen) atoms. The average molecular weight is 246 g/mol. The number of thiazole rings is 1. The first-order chi connectivity index (χ1) is 7.04. The molecule has 0 bridgehead atoms. The molecule has 0 atom stereocenters. The molecular formula is C9H14N2O2S2. The fraction of sp³-hybridized carbons (Fsp3) is 0.667. The van der Waals surface area contributed by atoms with Gasteiger partial charge in [-0.15, -0.1) is 11.3 Å². The molecule has 1 aliphatic heterocycles. The SMILES string of the molecule is CS(=O)(=O)CCc1nc2c(s1)CNCC2. The van der Waals surface area contributed by atoms with Gasteiger partial charge >= 0.3 is 0 Å². The number of nitrogens with zero attached hydrogens (tertiary/aromatic N) is 1. The second-order valence-corrected chi connectivity index (χ2v) is 7.21. The maximum absolute atomic E-state index is 11.0. The van der Waals surface area contributed by atoms with E-state index in [2.05, 4.69) is 10.3 Å². The van der Waals surface area contributed by atoms with Crippen molar-refractivity contribution < 1.29 is 8.42 Å². The molecule has 1 aromatic heterocycles. The second-order valence-electron chi connectivity index (χ2n) is 3.78. The van der Waals surface area contributed by atoms with E-state index < -0.39 is 9.84 Å². The molecular weight excluding hydrogens is 232 g/mol. The molecule has 1 N–H and O–H groups in total. The number of hydrogen-bond acceptors (Lipinski definition) is 5. The maximum atomic E-state index is 11.0.